The molecule has 5 nitrogen and oxygen atoms in total. The molecule has 3 N–H and O–H groups in total. The molecule has 2 fully saturated rings. The molecule has 0 atom stereocenters. The molecule has 2 rings (SSSR count). The van der Waals surface area contributed by atoms with Gasteiger partial charge in [0.25, 0.3) is 0 Å². The molecule has 0 spiro atoms. The summed E-state index contributed by atoms with van der Waals surface area (Å²) >= 11 is 0. The van der Waals surface area contributed by atoms with Crippen molar-refractivity contribution in [1.29, 1.82) is 5.41 Å². The van der Waals surface area contributed by atoms with E-state index in [2.05, 4.69) is 0 Å². The number of amides is 2. The molecule has 19 heavy (non-hydrogen) atoms. The van der Waals surface area contributed by atoms with Crippen LogP contribution in [0.5, 0.6) is 0 Å². The van der Waals surface area contributed by atoms with Gasteiger partial charge < -0.3 is 10.6 Å². The van der Waals surface area contributed by atoms with Crippen LogP contribution in [-0.2, 0) is 4.79 Å². The highest BCUT2D eigenvalue weighted by Crippen LogP contribution is 2.29. The summed E-state index contributed by atoms with van der Waals surface area (Å²) in [5.74, 6) is 0. The largest absolute Gasteiger partial charge is 0.351 e. The van der Waals surface area contributed by atoms with Crippen molar-refractivity contribution in [3.8, 4) is 0 Å². The zero-order chi connectivity index (χ0) is 14.1. The van der Waals surface area contributed by atoms with Crippen LogP contribution in [0.25, 0.3) is 0 Å². The van der Waals surface area contributed by atoms with E-state index in [4.69, 9.17) is 15.9 Å². The summed E-state index contributed by atoms with van der Waals surface area (Å²) < 4.78 is 0. The van der Waals surface area contributed by atoms with Gasteiger partial charge in [0.2, 0.25) is 6.08 Å². The smallest absolute Gasteiger partial charge is 0.315 e. The van der Waals surface area contributed by atoms with E-state index in [-0.39, 0.29) is 6.03 Å². The molecule has 0 aromatic rings. The molecule has 0 saturated heterocycles. The van der Waals surface area contributed by atoms with Crippen molar-refractivity contribution >= 4 is 12.1 Å². The van der Waals surface area contributed by atoms with E-state index < -0.39 is 0 Å². The summed E-state index contributed by atoms with van der Waals surface area (Å²) in [6, 6.07) is 0.697. The Morgan fingerprint density at radius 1 is 0.947 bits per heavy atom. The van der Waals surface area contributed by atoms with Gasteiger partial charge in [-0.25, -0.2) is 15.0 Å². The lowest BCUT2D eigenvalue weighted by molar-refractivity contribution is 0.111. The van der Waals surface area contributed by atoms with Gasteiger partial charge >= 0.3 is 6.03 Å². The van der Waals surface area contributed by atoms with E-state index in [0.717, 1.165) is 6.08 Å². The first kappa shape index (κ1) is 15.7. The molecule has 2 saturated carbocycles. The van der Waals surface area contributed by atoms with E-state index in [9.17, 15) is 4.79 Å². The predicted octanol–water partition coefficient (Wildman–Crippen LogP) is 2.93. The minimum atomic E-state index is -0.182. The molecule has 2 amide bonds. The Bertz CT molecular complexity index is 284. The Balaban J connectivity index is 0.000000550. The molecule has 2 aliphatic rings. The molecule has 2 aliphatic carbocycles. The molecule has 5 heteroatoms. The second-order valence-corrected chi connectivity index (χ2v) is 5.43. The molecular formula is C14H25N3O2. The van der Waals surface area contributed by atoms with Crippen LogP contribution in [0.2, 0.25) is 0 Å². The predicted molar refractivity (Wildman–Crippen MR) is 73.6 cm³/mol. The molecule has 0 aromatic heterocycles. The molecular weight excluding hydrogens is 242 g/mol. The number of carbonyl (C=O) groups is 1. The molecule has 0 heterocycles. The van der Waals surface area contributed by atoms with Crippen LogP contribution in [-0.4, -0.2) is 29.1 Å². The summed E-state index contributed by atoms with van der Waals surface area (Å²) in [5, 5.41) is 5.40. The number of carbonyl (C=O) groups excluding carboxylic acids is 2. The third-order valence-corrected chi connectivity index (χ3v) is 4.19. The van der Waals surface area contributed by atoms with Gasteiger partial charge in [-0.1, -0.05) is 38.5 Å². The number of hydrogen-bond acceptors (Lipinski definition) is 3. The van der Waals surface area contributed by atoms with Gasteiger partial charge in [-0.05, 0) is 25.7 Å². The molecule has 108 valence electrons. The molecule has 0 radical (unpaired) electrons. The first-order valence-corrected chi connectivity index (χ1v) is 7.32. The van der Waals surface area contributed by atoms with Crippen LogP contribution in [0, 0.1) is 5.41 Å². The van der Waals surface area contributed by atoms with E-state index in [0.29, 0.717) is 12.1 Å². The third-order valence-electron chi connectivity index (χ3n) is 4.19. The van der Waals surface area contributed by atoms with Gasteiger partial charge in [0.1, 0.15) is 0 Å². The van der Waals surface area contributed by atoms with E-state index in [1.54, 1.807) is 0 Å². The van der Waals surface area contributed by atoms with E-state index >= 15 is 0 Å². The Morgan fingerprint density at radius 2 is 1.26 bits per heavy atom. The van der Waals surface area contributed by atoms with Crippen LogP contribution in [0.4, 0.5) is 4.79 Å². The van der Waals surface area contributed by atoms with Crippen LogP contribution in [0.15, 0.2) is 0 Å². The highest BCUT2D eigenvalue weighted by molar-refractivity contribution is 5.72. The summed E-state index contributed by atoms with van der Waals surface area (Å²) in [5.41, 5.74) is 5.59. The minimum absolute atomic E-state index is 0.182. The highest BCUT2D eigenvalue weighted by Gasteiger charge is 2.30. The average molecular weight is 267 g/mol. The lowest BCUT2D eigenvalue weighted by Gasteiger charge is -2.40. The molecule has 0 aromatic carbocycles. The van der Waals surface area contributed by atoms with Gasteiger partial charge in [-0.15, -0.1) is 0 Å². The monoisotopic (exact) mass is 267 g/mol. The van der Waals surface area contributed by atoms with E-state index in [1.165, 1.54) is 64.2 Å². The number of primary amides is 1. The van der Waals surface area contributed by atoms with Crippen LogP contribution in [0.3, 0.4) is 0 Å². The number of isocyanates is 1. The summed E-state index contributed by atoms with van der Waals surface area (Å²) in [6.45, 7) is 0. The summed E-state index contributed by atoms with van der Waals surface area (Å²) in [4.78, 5) is 22.0. The fourth-order valence-electron chi connectivity index (χ4n) is 3.38. The van der Waals surface area contributed by atoms with E-state index in [1.807, 2.05) is 4.90 Å². The quantitative estimate of drug-likeness (QED) is 0.595. The molecule has 0 aliphatic heterocycles. The second-order valence-electron chi connectivity index (χ2n) is 5.43. The van der Waals surface area contributed by atoms with Crippen molar-refractivity contribution in [2.45, 2.75) is 76.3 Å². The van der Waals surface area contributed by atoms with Crippen molar-refractivity contribution in [3.05, 3.63) is 0 Å². The maximum absolute atomic E-state index is 11.6. The molecule has 0 unspecified atom stereocenters. The van der Waals surface area contributed by atoms with Crippen LogP contribution in [0.1, 0.15) is 64.2 Å². The number of urea groups is 1. The average Bonchev–Trinajstić information content (AvgIpc) is 2.42. The Kier molecular flexibility index (Phi) is 7.19. The first-order chi connectivity index (χ1) is 9.20. The number of rotatable bonds is 2. The number of nitrogens with two attached hydrogens (primary N) is 1. The van der Waals surface area contributed by atoms with Gasteiger partial charge in [0.15, 0.2) is 0 Å². The van der Waals surface area contributed by atoms with Crippen molar-refractivity contribution < 1.29 is 9.59 Å². The van der Waals surface area contributed by atoms with Crippen molar-refractivity contribution in [1.82, 2.24) is 4.90 Å². The maximum atomic E-state index is 11.6. The van der Waals surface area contributed by atoms with Crippen LogP contribution < -0.4 is 5.73 Å². The fourth-order valence-corrected chi connectivity index (χ4v) is 3.38. The third kappa shape index (κ3) is 5.03. The maximum Gasteiger partial charge on any atom is 0.315 e. The van der Waals surface area contributed by atoms with Gasteiger partial charge in [0, 0.05) is 12.1 Å². The second kappa shape index (κ2) is 8.70. The van der Waals surface area contributed by atoms with Gasteiger partial charge in [-0.3, -0.25) is 0 Å². The Morgan fingerprint density at radius 3 is 1.53 bits per heavy atom. The zero-order valence-electron chi connectivity index (χ0n) is 11.6. The highest BCUT2D eigenvalue weighted by atomic mass is 16.2. The number of nitrogens with zero attached hydrogens (tertiary/aromatic N) is 1. The normalized spacial score (nSPS) is 20.8. The lowest BCUT2D eigenvalue weighted by Crippen LogP contribution is -2.51. The standard InChI is InChI=1S/C13H24N2O.CHNO/c14-13(16)15(11-7-3-1-4-8-11)12-9-5-2-6-10-12;2-1-3/h11-12H,1-10H2,(H2,14,16);2H. The minimum Gasteiger partial charge on any atom is -0.351 e. The van der Waals surface area contributed by atoms with Gasteiger partial charge in [-0.2, -0.15) is 0 Å². The summed E-state index contributed by atoms with van der Waals surface area (Å²) in [7, 11) is 0. The van der Waals surface area contributed by atoms with Crippen LogP contribution >= 0.6 is 0 Å². The lowest BCUT2D eigenvalue weighted by atomic mass is 9.89. The molecule has 0 bridgehead atoms. The SMILES string of the molecule is N=C=O.NC(=O)N(C1CCCCC1)C1CCCCC1. The Hall–Kier alpha value is -1.35. The van der Waals surface area contributed by atoms with Crippen molar-refractivity contribution in [2.75, 3.05) is 0 Å². The van der Waals surface area contributed by atoms with Crippen molar-refractivity contribution in [3.63, 3.8) is 0 Å². The number of nitrogens with one attached hydrogen (secondary N) is 1. The topological polar surface area (TPSA) is 87.2 Å². The first-order valence-electron chi connectivity index (χ1n) is 7.32. The van der Waals surface area contributed by atoms with Gasteiger partial charge in [0.05, 0.1) is 0 Å². The zero-order valence-corrected chi connectivity index (χ0v) is 11.6. The number of hydrogen-bond donors (Lipinski definition) is 2. The Labute approximate surface area is 115 Å². The fraction of sp³-hybridized carbons (Fsp3) is 0.857. The summed E-state index contributed by atoms with van der Waals surface area (Å²) in [6.07, 6.45) is 13.1. The van der Waals surface area contributed by atoms with Crippen molar-refractivity contribution in [2.24, 2.45) is 5.73 Å².